The van der Waals surface area contributed by atoms with Crippen LogP contribution in [0.25, 0.3) is 27.5 Å². The number of amides is 1. The second kappa shape index (κ2) is 15.4. The summed E-state index contributed by atoms with van der Waals surface area (Å²) in [5.74, 6) is -1.97. The van der Waals surface area contributed by atoms with E-state index in [0.717, 1.165) is 28.5 Å². The third-order valence-electron chi connectivity index (χ3n) is 9.72. The van der Waals surface area contributed by atoms with Gasteiger partial charge in [-0.2, -0.15) is 5.10 Å². The Morgan fingerprint density at radius 2 is 1.65 bits per heavy atom. The first-order valence-electron chi connectivity index (χ1n) is 17.2. The minimum absolute atomic E-state index is 0.00222. The highest BCUT2D eigenvalue weighted by atomic mass is 35.5. The van der Waals surface area contributed by atoms with E-state index in [0.29, 0.717) is 11.8 Å². The van der Waals surface area contributed by atoms with Crippen molar-refractivity contribution in [3.63, 3.8) is 0 Å². The molecule has 4 aromatic carbocycles. The molecule has 0 spiro atoms. The van der Waals surface area contributed by atoms with Crippen molar-refractivity contribution >= 4 is 65.2 Å². The number of nitrogens with one attached hydrogen (secondary N) is 2. The number of carbonyl (C=O) groups is 1. The number of rotatable bonds is 13. The molecule has 2 aromatic heterocycles. The van der Waals surface area contributed by atoms with Gasteiger partial charge in [-0.1, -0.05) is 29.8 Å². The molecule has 3 N–H and O–H groups in total. The summed E-state index contributed by atoms with van der Waals surface area (Å²) in [5.41, 5.74) is 0.489. The van der Waals surface area contributed by atoms with Crippen molar-refractivity contribution in [1.29, 1.82) is 0 Å². The van der Waals surface area contributed by atoms with Gasteiger partial charge in [-0.25, -0.2) is 35.4 Å². The molecule has 6 aromatic rings. The minimum Gasteiger partial charge on any atom is -0.497 e. The topological polar surface area (TPSA) is 192 Å². The fraction of sp³-hybridized carbons (Fsp3) is 0.263. The van der Waals surface area contributed by atoms with E-state index in [1.807, 2.05) is 0 Å². The lowest BCUT2D eigenvalue weighted by atomic mass is 10.00. The van der Waals surface area contributed by atoms with Gasteiger partial charge in [0.15, 0.2) is 15.7 Å². The van der Waals surface area contributed by atoms with Crippen molar-refractivity contribution in [2.45, 2.75) is 37.5 Å². The lowest BCUT2D eigenvalue weighted by molar-refractivity contribution is 0.189. The molecule has 0 radical (unpaired) electrons. The van der Waals surface area contributed by atoms with Crippen molar-refractivity contribution in [1.82, 2.24) is 24.6 Å². The molecule has 0 fully saturated rings. The molecule has 57 heavy (non-hydrogen) atoms. The highest BCUT2D eigenvalue weighted by Crippen LogP contribution is 2.36. The Kier molecular flexibility index (Phi) is 11.1. The van der Waals surface area contributed by atoms with Gasteiger partial charge >= 0.3 is 6.09 Å². The molecule has 0 unspecified atom stereocenters. The van der Waals surface area contributed by atoms with E-state index in [1.54, 1.807) is 24.3 Å². The largest absolute Gasteiger partial charge is 0.497 e. The lowest BCUT2D eigenvalue weighted by Gasteiger charge is -2.25. The Hall–Kier alpha value is -5.59. The van der Waals surface area contributed by atoms with Crippen LogP contribution < -0.4 is 20.3 Å². The van der Waals surface area contributed by atoms with Gasteiger partial charge in [0.2, 0.25) is 10.0 Å². The van der Waals surface area contributed by atoms with Crippen LogP contribution >= 0.6 is 11.6 Å². The zero-order chi connectivity index (χ0) is 41.6. The number of nitrogens with zero attached hydrogens (tertiary/aromatic N) is 4. The molecule has 0 aliphatic rings. The van der Waals surface area contributed by atoms with Gasteiger partial charge in [-0.15, -0.1) is 0 Å². The number of aromatic nitrogens is 4. The molecule has 300 valence electrons. The highest BCUT2D eigenvalue weighted by Gasteiger charge is 2.34. The van der Waals surface area contributed by atoms with E-state index in [2.05, 4.69) is 15.1 Å². The Morgan fingerprint density at radius 1 is 0.982 bits per heavy atom. The number of anilines is 1. The number of benzene rings is 4. The van der Waals surface area contributed by atoms with Gasteiger partial charge in [-0.05, 0) is 85.5 Å². The number of methoxy groups -OCH3 is 1. The summed E-state index contributed by atoms with van der Waals surface area (Å²) in [6.07, 6.45) is -0.735. The normalized spacial score (nSPS) is 12.8. The number of halogens is 3. The molecule has 6 rings (SSSR count). The zero-order valence-electron chi connectivity index (χ0n) is 31.2. The summed E-state index contributed by atoms with van der Waals surface area (Å²) < 4.78 is 89.7. The van der Waals surface area contributed by atoms with Crippen LogP contribution in [0.1, 0.15) is 42.4 Å². The Morgan fingerprint density at radius 3 is 2.26 bits per heavy atom. The number of sulfonamides is 1. The number of hydrogen-bond donors (Lipinski definition) is 3. The SMILES string of the molecule is COc1ccc(CCS(=O)(=O)Nc2nn(C)c3c(-n4c([C@H](Cc5cc(F)cc(F)c5)NC(=O)O)nc5cc(C(C)(C)S(C)(=O)=O)ccc5c4=O)ccc(Cl)c23)cc1. The van der Waals surface area contributed by atoms with Crippen molar-refractivity contribution in [3.8, 4) is 11.4 Å². The van der Waals surface area contributed by atoms with Gasteiger partial charge < -0.3 is 15.2 Å². The van der Waals surface area contributed by atoms with Gasteiger partial charge in [0, 0.05) is 25.8 Å². The standard InChI is InChI=1S/C38H37ClF2N6O8S2/c1-38(2,56(5,51)52)23-8-11-27-29(19-23)42-35(30(43-37(49)50)18-22-16-24(40)20-25(41)17-22)47(36(27)48)31-13-12-28(39)32-33(31)46(3)44-34(32)45-57(53,54)15-14-21-6-9-26(55-4)10-7-21/h6-13,16-17,19-20,30,43H,14-15,18H2,1-5H3,(H,44,45)(H,49,50)/t30-/m0/s1. The second-order valence-corrected chi connectivity index (χ2v) is 18.7. The van der Waals surface area contributed by atoms with Crippen LogP contribution in [-0.2, 0) is 44.5 Å². The maximum Gasteiger partial charge on any atom is 0.405 e. The summed E-state index contributed by atoms with van der Waals surface area (Å²) in [6, 6.07) is 15.2. The number of carboxylic acid groups (broad SMARTS) is 1. The van der Waals surface area contributed by atoms with E-state index < -0.39 is 60.4 Å². The predicted octanol–water partition coefficient (Wildman–Crippen LogP) is 6.03. The van der Waals surface area contributed by atoms with Crippen LogP contribution in [0.5, 0.6) is 5.75 Å². The zero-order valence-corrected chi connectivity index (χ0v) is 33.6. The Balaban J connectivity index is 1.56. The third-order valence-corrected chi connectivity index (χ3v) is 13.4. The number of ether oxygens (including phenoxy) is 1. The van der Waals surface area contributed by atoms with Gasteiger partial charge in [-0.3, -0.25) is 18.8 Å². The predicted molar refractivity (Wildman–Crippen MR) is 213 cm³/mol. The highest BCUT2D eigenvalue weighted by molar-refractivity contribution is 7.92. The molecule has 0 saturated heterocycles. The van der Waals surface area contributed by atoms with Gasteiger partial charge in [0.25, 0.3) is 5.56 Å². The quantitative estimate of drug-likeness (QED) is 0.124. The summed E-state index contributed by atoms with van der Waals surface area (Å²) in [4.78, 5) is 31.7. The number of aryl methyl sites for hydroxylation is 2. The lowest BCUT2D eigenvalue weighted by Crippen LogP contribution is -2.35. The number of fused-ring (bicyclic) bond motifs is 2. The van der Waals surface area contributed by atoms with E-state index >= 15 is 0 Å². The van der Waals surface area contributed by atoms with Crippen LogP contribution in [0.15, 0.2) is 77.6 Å². The Labute approximate surface area is 331 Å². The fourth-order valence-corrected chi connectivity index (χ4v) is 8.27. The van der Waals surface area contributed by atoms with Gasteiger partial charge in [0.1, 0.15) is 23.2 Å². The fourth-order valence-electron chi connectivity index (χ4n) is 6.43. The van der Waals surface area contributed by atoms with Crippen LogP contribution in [-0.4, -0.2) is 66.5 Å². The smallest absolute Gasteiger partial charge is 0.405 e. The number of sulfone groups is 1. The maximum absolute atomic E-state index is 14.7. The molecule has 1 atom stereocenters. The number of hydrogen-bond acceptors (Lipinski definition) is 9. The molecule has 2 heterocycles. The molecule has 0 saturated carbocycles. The van der Waals surface area contributed by atoms with Crippen molar-refractivity contribution < 1.29 is 40.3 Å². The first kappa shape index (κ1) is 41.1. The third kappa shape index (κ3) is 8.43. The summed E-state index contributed by atoms with van der Waals surface area (Å²) in [7, 11) is -4.72. The minimum atomic E-state index is -4.04. The molecular weight excluding hydrogens is 806 g/mol. The van der Waals surface area contributed by atoms with Crippen molar-refractivity contribution in [2.75, 3.05) is 23.8 Å². The summed E-state index contributed by atoms with van der Waals surface area (Å²) in [6.45, 7) is 2.97. The van der Waals surface area contributed by atoms with E-state index in [9.17, 15) is 40.3 Å². The molecular formula is C38H37ClF2N6O8S2. The molecule has 0 aliphatic carbocycles. The molecule has 0 aliphatic heterocycles. The van der Waals surface area contributed by atoms with Crippen LogP contribution in [0.3, 0.4) is 0 Å². The average molecular weight is 843 g/mol. The summed E-state index contributed by atoms with van der Waals surface area (Å²) in [5, 5.41) is 16.8. The monoisotopic (exact) mass is 842 g/mol. The van der Waals surface area contributed by atoms with Crippen molar-refractivity contribution in [2.24, 2.45) is 7.05 Å². The summed E-state index contributed by atoms with van der Waals surface area (Å²) >= 11 is 6.69. The van der Waals surface area contributed by atoms with Crippen LogP contribution in [0.2, 0.25) is 5.02 Å². The average Bonchev–Trinajstić information content (AvgIpc) is 3.45. The van der Waals surface area contributed by atoms with Crippen molar-refractivity contribution in [3.05, 3.63) is 122 Å². The van der Waals surface area contributed by atoms with Crippen LogP contribution in [0.4, 0.5) is 19.4 Å². The molecule has 0 bridgehead atoms. The van der Waals surface area contributed by atoms with Crippen LogP contribution in [0, 0.1) is 11.6 Å². The van der Waals surface area contributed by atoms with E-state index in [-0.39, 0.29) is 67.5 Å². The molecule has 19 heteroatoms. The van der Waals surface area contributed by atoms with E-state index in [1.165, 1.54) is 63.0 Å². The maximum atomic E-state index is 14.7. The molecule has 1 amide bonds. The van der Waals surface area contributed by atoms with Gasteiger partial charge in [0.05, 0.1) is 56.2 Å². The Bertz CT molecular complexity index is 2830. The van der Waals surface area contributed by atoms with E-state index in [4.69, 9.17) is 21.3 Å². The molecule has 14 nitrogen and oxygen atoms in total. The first-order valence-corrected chi connectivity index (χ1v) is 21.1. The first-order chi connectivity index (χ1) is 26.7. The second-order valence-electron chi connectivity index (χ2n) is 13.9.